The third-order valence-corrected chi connectivity index (χ3v) is 7.94. The Hall–Kier alpha value is -4.30. The summed E-state index contributed by atoms with van der Waals surface area (Å²) in [4.78, 5) is 48.9. The number of primary amides is 1. The fourth-order valence-electron chi connectivity index (χ4n) is 4.06. The molecule has 0 radical (unpaired) electrons. The molecule has 5 rings (SSSR count). The van der Waals surface area contributed by atoms with Crippen LogP contribution in [-0.2, 0) is 15.8 Å². The number of rotatable bonds is 7. The predicted molar refractivity (Wildman–Crippen MR) is 144 cm³/mol. The molecule has 41 heavy (non-hydrogen) atoms. The van der Waals surface area contributed by atoms with Crippen molar-refractivity contribution in [3.05, 3.63) is 69.5 Å². The van der Waals surface area contributed by atoms with Crippen LogP contribution in [0.2, 0.25) is 5.02 Å². The molecule has 0 saturated heterocycles. The Morgan fingerprint density at radius 3 is 2.34 bits per heavy atom. The summed E-state index contributed by atoms with van der Waals surface area (Å²) < 4.78 is 44.6. The molecule has 0 spiro atoms. The maximum atomic E-state index is 13.7. The highest BCUT2D eigenvalue weighted by molar-refractivity contribution is 7.18. The lowest BCUT2D eigenvalue weighted by atomic mass is 10.0. The Bertz CT molecular complexity index is 1680. The van der Waals surface area contributed by atoms with Gasteiger partial charge in [-0.1, -0.05) is 28.1 Å². The van der Waals surface area contributed by atoms with E-state index in [2.05, 4.69) is 20.4 Å². The van der Waals surface area contributed by atoms with Crippen molar-refractivity contribution in [3.8, 4) is 11.4 Å². The molecule has 15 heteroatoms. The number of hydrogen-bond acceptors (Lipinski definition) is 8. The van der Waals surface area contributed by atoms with Crippen molar-refractivity contribution in [1.82, 2.24) is 15.1 Å². The molecule has 3 amide bonds. The van der Waals surface area contributed by atoms with E-state index in [4.69, 9.17) is 21.9 Å². The minimum atomic E-state index is -4.64. The Morgan fingerprint density at radius 2 is 1.78 bits per heavy atom. The molecule has 1 aliphatic carbocycles. The van der Waals surface area contributed by atoms with Crippen molar-refractivity contribution in [2.45, 2.75) is 32.9 Å². The van der Waals surface area contributed by atoms with E-state index in [0.717, 1.165) is 29.5 Å². The number of nitrogens with one attached hydrogen (secondary N) is 1. The summed E-state index contributed by atoms with van der Waals surface area (Å²) in [6.07, 6.45) is -4.14. The number of aromatic nitrogens is 3. The first-order valence-electron chi connectivity index (χ1n) is 12.0. The van der Waals surface area contributed by atoms with Gasteiger partial charge in [0.25, 0.3) is 5.91 Å². The van der Waals surface area contributed by atoms with E-state index in [-0.39, 0.29) is 39.3 Å². The number of hydrogen-bond donors (Lipinski definition) is 2. The van der Waals surface area contributed by atoms with Gasteiger partial charge < -0.3 is 15.6 Å². The number of nitrogens with two attached hydrogens (primary N) is 1. The quantitative estimate of drug-likeness (QED) is 0.259. The molecular weight excluding hydrogens is 585 g/mol. The van der Waals surface area contributed by atoms with Crippen LogP contribution in [0.5, 0.6) is 0 Å². The van der Waals surface area contributed by atoms with E-state index in [1.54, 1.807) is 31.2 Å². The van der Waals surface area contributed by atoms with Crippen LogP contribution in [0.25, 0.3) is 11.4 Å². The topological polar surface area (TPSA) is 144 Å². The number of alkyl halides is 3. The monoisotopic (exact) mass is 604 g/mol. The highest BCUT2D eigenvalue weighted by Gasteiger charge is 2.58. The first-order valence-corrected chi connectivity index (χ1v) is 13.2. The van der Waals surface area contributed by atoms with Crippen LogP contribution >= 0.6 is 22.9 Å². The van der Waals surface area contributed by atoms with Crippen LogP contribution < -0.4 is 16.0 Å². The van der Waals surface area contributed by atoms with E-state index >= 15 is 0 Å². The Kier molecular flexibility index (Phi) is 7.07. The molecular formula is C26H20ClF3N6O4S. The highest BCUT2D eigenvalue weighted by atomic mass is 35.5. The fourth-order valence-corrected chi connectivity index (χ4v) is 5.21. The molecule has 212 valence electrons. The molecule has 10 nitrogen and oxygen atoms in total. The highest BCUT2D eigenvalue weighted by Crippen LogP contribution is 2.49. The number of thiazole rings is 1. The smallest absolute Gasteiger partial charge is 0.369 e. The molecule has 0 atom stereocenters. The molecule has 0 bridgehead atoms. The largest absolute Gasteiger partial charge is 0.416 e. The molecule has 0 unspecified atom stereocenters. The predicted octanol–water partition coefficient (Wildman–Crippen LogP) is 5.66. The van der Waals surface area contributed by atoms with Gasteiger partial charge in [-0.2, -0.15) is 18.2 Å². The van der Waals surface area contributed by atoms with Crippen molar-refractivity contribution in [2.75, 3.05) is 10.2 Å². The van der Waals surface area contributed by atoms with Gasteiger partial charge in [-0.15, -0.1) is 0 Å². The SMILES string of the molecule is Cc1nc(-c2ccc(N(C(=O)C3(C(N)=O)CC3)c3nc(C)c(C(=O)Nc4cc(C(F)(F)F)ccc4Cl)s3)cc2)no1. The number of nitrogens with zero attached hydrogens (tertiary/aromatic N) is 4. The van der Waals surface area contributed by atoms with Crippen molar-refractivity contribution < 1.29 is 32.1 Å². The minimum Gasteiger partial charge on any atom is -0.369 e. The number of amides is 3. The average Bonchev–Trinajstić information content (AvgIpc) is 3.49. The zero-order chi connectivity index (χ0) is 29.7. The van der Waals surface area contributed by atoms with Crippen LogP contribution in [0.4, 0.5) is 29.7 Å². The summed E-state index contributed by atoms with van der Waals surface area (Å²) in [6, 6.07) is 9.04. The van der Waals surface area contributed by atoms with Gasteiger partial charge in [0.15, 0.2) is 5.13 Å². The van der Waals surface area contributed by atoms with Crippen molar-refractivity contribution in [1.29, 1.82) is 0 Å². The normalized spacial score (nSPS) is 14.0. The summed E-state index contributed by atoms with van der Waals surface area (Å²) in [7, 11) is 0. The van der Waals surface area contributed by atoms with Crippen LogP contribution in [-0.4, -0.2) is 32.8 Å². The Balaban J connectivity index is 1.50. The van der Waals surface area contributed by atoms with Gasteiger partial charge in [0.05, 0.1) is 27.7 Å². The molecule has 1 saturated carbocycles. The number of anilines is 3. The van der Waals surface area contributed by atoms with Gasteiger partial charge in [0.1, 0.15) is 10.3 Å². The third kappa shape index (κ3) is 5.39. The Morgan fingerprint density at radius 1 is 1.10 bits per heavy atom. The summed E-state index contributed by atoms with van der Waals surface area (Å²) >= 11 is 6.85. The molecule has 2 aromatic carbocycles. The van der Waals surface area contributed by atoms with Crippen LogP contribution in [0.3, 0.4) is 0 Å². The zero-order valence-electron chi connectivity index (χ0n) is 21.4. The first-order chi connectivity index (χ1) is 19.3. The number of carbonyl (C=O) groups is 3. The molecule has 2 aromatic heterocycles. The number of halogens is 4. The van der Waals surface area contributed by atoms with E-state index < -0.39 is 34.9 Å². The Labute approximate surface area is 239 Å². The van der Waals surface area contributed by atoms with Gasteiger partial charge in [0, 0.05) is 12.5 Å². The zero-order valence-corrected chi connectivity index (χ0v) is 22.9. The summed E-state index contributed by atoms with van der Waals surface area (Å²) in [5.74, 6) is -1.47. The summed E-state index contributed by atoms with van der Waals surface area (Å²) in [5, 5.41) is 6.22. The van der Waals surface area contributed by atoms with Crippen molar-refractivity contribution >= 4 is 57.2 Å². The summed E-state index contributed by atoms with van der Waals surface area (Å²) in [5.41, 5.74) is 4.04. The summed E-state index contributed by atoms with van der Waals surface area (Å²) in [6.45, 7) is 3.15. The van der Waals surface area contributed by atoms with E-state index in [1.165, 1.54) is 11.8 Å². The second-order valence-corrected chi connectivity index (χ2v) is 10.7. The minimum absolute atomic E-state index is 0.0223. The maximum Gasteiger partial charge on any atom is 0.416 e. The van der Waals surface area contributed by atoms with Gasteiger partial charge in [-0.25, -0.2) is 4.98 Å². The third-order valence-electron chi connectivity index (χ3n) is 6.47. The molecule has 2 heterocycles. The van der Waals surface area contributed by atoms with Crippen LogP contribution in [0.1, 0.15) is 39.7 Å². The van der Waals surface area contributed by atoms with E-state index in [0.29, 0.717) is 23.0 Å². The van der Waals surface area contributed by atoms with Crippen molar-refractivity contribution in [2.24, 2.45) is 11.1 Å². The van der Waals surface area contributed by atoms with Crippen LogP contribution in [0, 0.1) is 19.3 Å². The molecule has 3 N–H and O–H groups in total. The lowest BCUT2D eigenvalue weighted by Crippen LogP contribution is -2.41. The van der Waals surface area contributed by atoms with Gasteiger partial charge in [0.2, 0.25) is 23.5 Å². The standard InChI is InChI=1S/C26H20ClF3N6O4S/c1-12-19(21(37)34-18-11-15(26(28,29)30)5-8-17(18)27)41-24(32-12)36(23(39)25(9-10-25)22(31)38)16-6-3-14(4-7-16)20-33-13(2)40-35-20/h3-8,11H,9-10H2,1-2H3,(H2,31,38)(H,34,37). The first kappa shape index (κ1) is 28.2. The average molecular weight is 605 g/mol. The second kappa shape index (κ2) is 10.3. The van der Waals surface area contributed by atoms with Crippen molar-refractivity contribution in [3.63, 3.8) is 0 Å². The fraction of sp³-hybridized carbons (Fsp3) is 0.231. The number of aryl methyl sites for hydroxylation is 2. The lowest BCUT2D eigenvalue weighted by molar-refractivity contribution is -0.137. The van der Waals surface area contributed by atoms with E-state index in [1.807, 2.05) is 0 Å². The number of benzene rings is 2. The van der Waals surface area contributed by atoms with Gasteiger partial charge in [-0.3, -0.25) is 19.3 Å². The van der Waals surface area contributed by atoms with E-state index in [9.17, 15) is 27.6 Å². The molecule has 1 fully saturated rings. The maximum absolute atomic E-state index is 13.7. The number of carbonyl (C=O) groups excluding carboxylic acids is 3. The molecule has 4 aromatic rings. The molecule has 1 aliphatic rings. The molecule has 0 aliphatic heterocycles. The van der Waals surface area contributed by atoms with Gasteiger partial charge in [-0.05, 0) is 62.2 Å². The van der Waals surface area contributed by atoms with Crippen LogP contribution in [0.15, 0.2) is 47.0 Å². The lowest BCUT2D eigenvalue weighted by Gasteiger charge is -2.24. The second-order valence-electron chi connectivity index (χ2n) is 9.33. The van der Waals surface area contributed by atoms with Gasteiger partial charge >= 0.3 is 6.18 Å².